The Hall–Kier alpha value is -0.113. The van der Waals surface area contributed by atoms with Crippen LogP contribution in [0.1, 0.15) is 58.8 Å². The molecule has 0 aliphatic carbocycles. The molecule has 0 aromatic carbocycles. The van der Waals surface area contributed by atoms with Gasteiger partial charge in [0.05, 0.1) is 8.07 Å². The Morgan fingerprint density at radius 3 is 2.00 bits per heavy atom. The zero-order chi connectivity index (χ0) is 12.6. The summed E-state index contributed by atoms with van der Waals surface area (Å²) in [6.07, 6.45) is 7.90. The second kappa shape index (κ2) is 8.05. The van der Waals surface area contributed by atoms with Crippen LogP contribution in [-0.4, -0.2) is 13.9 Å². The van der Waals surface area contributed by atoms with Crippen LogP contribution >= 0.6 is 0 Å². The summed E-state index contributed by atoms with van der Waals surface area (Å²) in [5.41, 5.74) is 0.407. The van der Waals surface area contributed by atoms with Crippen molar-refractivity contribution in [1.29, 1.82) is 0 Å². The van der Waals surface area contributed by atoms with Crippen molar-refractivity contribution in [2.45, 2.75) is 84.0 Å². The minimum absolute atomic E-state index is 0.407. The van der Waals surface area contributed by atoms with Gasteiger partial charge in [-0.05, 0) is 12.8 Å². The highest BCUT2D eigenvalue weighted by Gasteiger charge is 2.31. The Morgan fingerprint density at radius 2 is 1.56 bits per heavy atom. The van der Waals surface area contributed by atoms with Crippen molar-refractivity contribution in [2.24, 2.45) is 0 Å². The van der Waals surface area contributed by atoms with E-state index in [1.807, 2.05) is 0 Å². The SMILES string of the molecule is CCCCCC(=O)C(CCCC)[Si](C)(C)C. The molecule has 0 spiro atoms. The maximum atomic E-state index is 12.2. The molecule has 1 unspecified atom stereocenters. The van der Waals surface area contributed by atoms with Crippen LogP contribution < -0.4 is 0 Å². The average molecular weight is 242 g/mol. The smallest absolute Gasteiger partial charge is 0.133 e. The molecule has 16 heavy (non-hydrogen) atoms. The summed E-state index contributed by atoms with van der Waals surface area (Å²) in [4.78, 5) is 12.2. The molecule has 0 fully saturated rings. The number of Topliss-reactive ketones (excluding diaryl/α,β-unsaturated/α-hetero) is 1. The maximum Gasteiger partial charge on any atom is 0.133 e. The number of unbranched alkanes of at least 4 members (excludes halogenated alkanes) is 3. The topological polar surface area (TPSA) is 17.1 Å². The molecule has 0 amide bonds. The Morgan fingerprint density at radius 1 is 1.00 bits per heavy atom. The lowest BCUT2D eigenvalue weighted by molar-refractivity contribution is -0.119. The first kappa shape index (κ1) is 15.9. The Bertz CT molecular complexity index is 193. The molecule has 1 nitrogen and oxygen atoms in total. The number of carbonyl (C=O) groups excluding carboxylic acids is 1. The molecule has 1 atom stereocenters. The summed E-state index contributed by atoms with van der Waals surface area (Å²) >= 11 is 0. The van der Waals surface area contributed by atoms with E-state index < -0.39 is 8.07 Å². The average Bonchev–Trinajstić information content (AvgIpc) is 2.16. The third-order valence-corrected chi connectivity index (χ3v) is 6.01. The zero-order valence-corrected chi connectivity index (χ0v) is 12.9. The molecular formula is C14H30OSi. The lowest BCUT2D eigenvalue weighted by Gasteiger charge is -2.27. The fraction of sp³-hybridized carbons (Fsp3) is 0.929. The molecule has 0 saturated heterocycles. The quantitative estimate of drug-likeness (QED) is 0.409. The first-order valence-electron chi connectivity index (χ1n) is 6.96. The molecule has 0 heterocycles. The Balaban J connectivity index is 4.22. The van der Waals surface area contributed by atoms with Gasteiger partial charge in [-0.1, -0.05) is 59.2 Å². The third kappa shape index (κ3) is 6.47. The number of ketones is 1. The van der Waals surface area contributed by atoms with Gasteiger partial charge in [-0.15, -0.1) is 0 Å². The van der Waals surface area contributed by atoms with Crippen molar-refractivity contribution in [3.63, 3.8) is 0 Å². The van der Waals surface area contributed by atoms with E-state index in [1.54, 1.807) is 0 Å². The summed E-state index contributed by atoms with van der Waals surface area (Å²) in [5, 5.41) is 0. The van der Waals surface area contributed by atoms with E-state index in [-0.39, 0.29) is 0 Å². The Kier molecular flexibility index (Phi) is 7.99. The van der Waals surface area contributed by atoms with Gasteiger partial charge in [0.15, 0.2) is 0 Å². The van der Waals surface area contributed by atoms with Gasteiger partial charge in [0.2, 0.25) is 0 Å². The third-order valence-electron chi connectivity index (χ3n) is 3.31. The summed E-state index contributed by atoms with van der Waals surface area (Å²) in [7, 11) is -1.30. The number of hydrogen-bond acceptors (Lipinski definition) is 1. The molecule has 0 aliphatic rings. The molecule has 0 rings (SSSR count). The van der Waals surface area contributed by atoms with Crippen LogP contribution in [0.3, 0.4) is 0 Å². The highest BCUT2D eigenvalue weighted by Crippen LogP contribution is 2.30. The first-order valence-corrected chi connectivity index (χ1v) is 10.5. The van der Waals surface area contributed by atoms with Crippen molar-refractivity contribution in [3.8, 4) is 0 Å². The van der Waals surface area contributed by atoms with Crippen molar-refractivity contribution in [1.82, 2.24) is 0 Å². The fourth-order valence-corrected chi connectivity index (χ4v) is 4.39. The number of carbonyl (C=O) groups is 1. The van der Waals surface area contributed by atoms with Crippen molar-refractivity contribution in [3.05, 3.63) is 0 Å². The van der Waals surface area contributed by atoms with Gasteiger partial charge < -0.3 is 0 Å². The molecule has 0 aromatic heterocycles. The van der Waals surface area contributed by atoms with E-state index in [9.17, 15) is 4.79 Å². The minimum atomic E-state index is -1.30. The first-order chi connectivity index (χ1) is 7.43. The van der Waals surface area contributed by atoms with Crippen LogP contribution in [0.4, 0.5) is 0 Å². The normalized spacial score (nSPS) is 13.8. The van der Waals surface area contributed by atoms with Crippen LogP contribution in [0, 0.1) is 0 Å². The number of rotatable bonds is 9. The van der Waals surface area contributed by atoms with Crippen LogP contribution in [0.2, 0.25) is 25.2 Å². The minimum Gasteiger partial charge on any atom is -0.300 e. The van der Waals surface area contributed by atoms with Crippen LogP contribution in [0.15, 0.2) is 0 Å². The highest BCUT2D eigenvalue weighted by atomic mass is 28.3. The summed E-state index contributed by atoms with van der Waals surface area (Å²) in [5.74, 6) is 0.557. The lowest BCUT2D eigenvalue weighted by atomic mass is 10.1. The van der Waals surface area contributed by atoms with Crippen molar-refractivity contribution >= 4 is 13.9 Å². The predicted molar refractivity (Wildman–Crippen MR) is 75.8 cm³/mol. The molecule has 0 aromatic rings. The Labute approximate surface area is 103 Å². The van der Waals surface area contributed by atoms with Crippen LogP contribution in [-0.2, 0) is 4.79 Å². The molecule has 0 saturated carbocycles. The molecule has 0 radical (unpaired) electrons. The van der Waals surface area contributed by atoms with E-state index in [4.69, 9.17) is 0 Å². The maximum absolute atomic E-state index is 12.2. The summed E-state index contributed by atoms with van der Waals surface area (Å²) in [6, 6.07) is 0. The summed E-state index contributed by atoms with van der Waals surface area (Å²) in [6.45, 7) is 11.4. The van der Waals surface area contributed by atoms with Gasteiger partial charge in [0.1, 0.15) is 5.78 Å². The van der Waals surface area contributed by atoms with Gasteiger partial charge in [0, 0.05) is 12.0 Å². The molecular weight excluding hydrogens is 212 g/mol. The second-order valence-electron chi connectivity index (χ2n) is 5.98. The largest absolute Gasteiger partial charge is 0.300 e. The van der Waals surface area contributed by atoms with Gasteiger partial charge in [-0.3, -0.25) is 4.79 Å². The van der Waals surface area contributed by atoms with Crippen molar-refractivity contribution in [2.75, 3.05) is 0 Å². The zero-order valence-electron chi connectivity index (χ0n) is 11.9. The summed E-state index contributed by atoms with van der Waals surface area (Å²) < 4.78 is 0. The van der Waals surface area contributed by atoms with E-state index in [2.05, 4.69) is 33.5 Å². The highest BCUT2D eigenvalue weighted by molar-refractivity contribution is 6.80. The van der Waals surface area contributed by atoms with E-state index in [0.29, 0.717) is 11.3 Å². The monoisotopic (exact) mass is 242 g/mol. The predicted octanol–water partition coefficient (Wildman–Crippen LogP) is 5.03. The standard InChI is InChI=1S/C14H30OSi/c1-6-8-10-11-13(15)14(12-9-7-2)16(3,4)5/h14H,6-12H2,1-5H3. The fourth-order valence-electron chi connectivity index (χ4n) is 2.21. The molecule has 0 aliphatic heterocycles. The van der Waals surface area contributed by atoms with E-state index >= 15 is 0 Å². The molecule has 0 N–H and O–H groups in total. The van der Waals surface area contributed by atoms with Gasteiger partial charge in [0.25, 0.3) is 0 Å². The van der Waals surface area contributed by atoms with Gasteiger partial charge in [-0.25, -0.2) is 0 Å². The lowest BCUT2D eigenvalue weighted by Crippen LogP contribution is -2.33. The van der Waals surface area contributed by atoms with Crippen molar-refractivity contribution < 1.29 is 4.79 Å². The van der Waals surface area contributed by atoms with Gasteiger partial charge >= 0.3 is 0 Å². The second-order valence-corrected chi connectivity index (χ2v) is 11.4. The van der Waals surface area contributed by atoms with Gasteiger partial charge in [-0.2, -0.15) is 0 Å². The molecule has 0 bridgehead atoms. The van der Waals surface area contributed by atoms with E-state index in [0.717, 1.165) is 19.3 Å². The van der Waals surface area contributed by atoms with Crippen LogP contribution in [0.25, 0.3) is 0 Å². The van der Waals surface area contributed by atoms with E-state index in [1.165, 1.54) is 25.7 Å². The molecule has 2 heteroatoms. The number of hydrogen-bond donors (Lipinski definition) is 0. The van der Waals surface area contributed by atoms with Crippen LogP contribution in [0.5, 0.6) is 0 Å². The molecule has 96 valence electrons.